The van der Waals surface area contributed by atoms with Gasteiger partial charge in [-0.3, -0.25) is 14.5 Å². The van der Waals surface area contributed by atoms with Gasteiger partial charge in [-0.2, -0.15) is 5.10 Å². The van der Waals surface area contributed by atoms with Gasteiger partial charge in [0.1, 0.15) is 0 Å². The average Bonchev–Trinajstić information content (AvgIpc) is 2.91. The minimum absolute atomic E-state index is 0.00444. The van der Waals surface area contributed by atoms with E-state index in [9.17, 15) is 4.79 Å². The molecule has 1 amide bonds. The van der Waals surface area contributed by atoms with Crippen LogP contribution < -0.4 is 5.32 Å². The maximum absolute atomic E-state index is 12.1. The Morgan fingerprint density at radius 1 is 1.29 bits per heavy atom. The fourth-order valence-corrected chi connectivity index (χ4v) is 2.28. The monoisotopic (exact) mass is 280 g/mol. The van der Waals surface area contributed by atoms with Gasteiger partial charge in [0.25, 0.3) is 0 Å². The normalized spacial score (nSPS) is 10.7. The second-order valence-corrected chi connectivity index (χ2v) is 4.95. The summed E-state index contributed by atoms with van der Waals surface area (Å²) in [6.45, 7) is 0. The number of aryl methyl sites for hydroxylation is 2. The third kappa shape index (κ3) is 3.08. The lowest BCUT2D eigenvalue weighted by Crippen LogP contribution is -2.12. The van der Waals surface area contributed by atoms with Crippen molar-refractivity contribution >= 4 is 22.5 Å². The summed E-state index contributed by atoms with van der Waals surface area (Å²) >= 11 is 0. The van der Waals surface area contributed by atoms with Crippen LogP contribution in [-0.2, 0) is 18.3 Å². The first-order valence-electron chi connectivity index (χ1n) is 6.83. The van der Waals surface area contributed by atoms with Crippen molar-refractivity contribution in [3.05, 3.63) is 54.5 Å². The van der Waals surface area contributed by atoms with Gasteiger partial charge in [0.15, 0.2) is 0 Å². The molecule has 106 valence electrons. The van der Waals surface area contributed by atoms with Crippen LogP contribution >= 0.6 is 0 Å². The van der Waals surface area contributed by atoms with Gasteiger partial charge in [-0.1, -0.05) is 6.07 Å². The molecule has 0 aliphatic rings. The topological polar surface area (TPSA) is 59.8 Å². The molecule has 1 aromatic carbocycles. The summed E-state index contributed by atoms with van der Waals surface area (Å²) in [5.74, 6) is -0.00444. The number of carbonyl (C=O) groups excluding carboxylic acids is 1. The molecule has 0 radical (unpaired) electrons. The maximum Gasteiger partial charge on any atom is 0.224 e. The fourth-order valence-electron chi connectivity index (χ4n) is 2.28. The first-order valence-corrected chi connectivity index (χ1v) is 6.83. The Morgan fingerprint density at radius 3 is 3.00 bits per heavy atom. The molecule has 0 fully saturated rings. The molecule has 5 nitrogen and oxygen atoms in total. The Hall–Kier alpha value is -2.69. The van der Waals surface area contributed by atoms with Gasteiger partial charge in [-0.15, -0.1) is 0 Å². The first-order chi connectivity index (χ1) is 10.2. The van der Waals surface area contributed by atoms with E-state index in [0.29, 0.717) is 12.8 Å². The Morgan fingerprint density at radius 2 is 2.19 bits per heavy atom. The number of nitrogens with zero attached hydrogens (tertiary/aromatic N) is 3. The number of carbonyl (C=O) groups is 1. The zero-order valence-corrected chi connectivity index (χ0v) is 11.8. The van der Waals surface area contributed by atoms with Gasteiger partial charge in [0.05, 0.1) is 17.4 Å². The quantitative estimate of drug-likeness (QED) is 0.799. The standard InChI is InChI=1S/C16H16N4O/c1-20-11-12(10-18-20)7-8-16(21)19-15-6-2-5-14-13(15)4-3-9-17-14/h2-6,9-11H,7-8H2,1H3,(H,19,21). The molecular formula is C16H16N4O. The number of benzene rings is 1. The summed E-state index contributed by atoms with van der Waals surface area (Å²) in [6, 6.07) is 9.55. The summed E-state index contributed by atoms with van der Waals surface area (Å²) in [7, 11) is 1.87. The summed E-state index contributed by atoms with van der Waals surface area (Å²) in [5, 5.41) is 8.01. The Kier molecular flexibility index (Phi) is 3.64. The number of rotatable bonds is 4. The number of hydrogen-bond acceptors (Lipinski definition) is 3. The Bertz CT molecular complexity index is 773. The van der Waals surface area contributed by atoms with Crippen molar-refractivity contribution in [2.75, 3.05) is 5.32 Å². The average molecular weight is 280 g/mol. The predicted molar refractivity (Wildman–Crippen MR) is 81.9 cm³/mol. The predicted octanol–water partition coefficient (Wildman–Crippen LogP) is 2.54. The lowest BCUT2D eigenvalue weighted by Gasteiger charge is -2.07. The molecule has 5 heteroatoms. The molecular weight excluding hydrogens is 264 g/mol. The van der Waals surface area contributed by atoms with E-state index in [-0.39, 0.29) is 5.91 Å². The van der Waals surface area contributed by atoms with Gasteiger partial charge in [-0.05, 0) is 36.2 Å². The van der Waals surface area contributed by atoms with Gasteiger partial charge in [-0.25, -0.2) is 0 Å². The van der Waals surface area contributed by atoms with E-state index < -0.39 is 0 Å². The minimum Gasteiger partial charge on any atom is -0.325 e. The molecule has 21 heavy (non-hydrogen) atoms. The van der Waals surface area contributed by atoms with Crippen LogP contribution in [0.3, 0.4) is 0 Å². The zero-order chi connectivity index (χ0) is 14.7. The van der Waals surface area contributed by atoms with Gasteiger partial charge in [0.2, 0.25) is 5.91 Å². The smallest absolute Gasteiger partial charge is 0.224 e. The minimum atomic E-state index is -0.00444. The summed E-state index contributed by atoms with van der Waals surface area (Å²) in [6.07, 6.45) is 6.58. The highest BCUT2D eigenvalue weighted by molar-refractivity contribution is 6.00. The number of amides is 1. The molecule has 3 rings (SSSR count). The molecule has 2 aromatic heterocycles. The Balaban J connectivity index is 1.69. The SMILES string of the molecule is Cn1cc(CCC(=O)Nc2cccc3ncccc23)cn1. The third-order valence-corrected chi connectivity index (χ3v) is 3.32. The summed E-state index contributed by atoms with van der Waals surface area (Å²) < 4.78 is 1.74. The Labute approximate surface area is 122 Å². The second-order valence-electron chi connectivity index (χ2n) is 4.95. The number of fused-ring (bicyclic) bond motifs is 1. The van der Waals surface area contributed by atoms with Crippen molar-refractivity contribution in [3.63, 3.8) is 0 Å². The van der Waals surface area contributed by atoms with Crippen molar-refractivity contribution < 1.29 is 4.79 Å². The molecule has 2 heterocycles. The van der Waals surface area contributed by atoms with E-state index in [0.717, 1.165) is 22.2 Å². The summed E-state index contributed by atoms with van der Waals surface area (Å²) in [4.78, 5) is 16.4. The highest BCUT2D eigenvalue weighted by Gasteiger charge is 2.07. The van der Waals surface area contributed by atoms with Crippen molar-refractivity contribution in [2.24, 2.45) is 7.05 Å². The lowest BCUT2D eigenvalue weighted by atomic mass is 10.1. The molecule has 0 aliphatic carbocycles. The number of pyridine rings is 1. The lowest BCUT2D eigenvalue weighted by molar-refractivity contribution is -0.116. The van der Waals surface area contributed by atoms with Crippen LogP contribution in [0, 0.1) is 0 Å². The van der Waals surface area contributed by atoms with Crippen LogP contribution in [0.25, 0.3) is 10.9 Å². The maximum atomic E-state index is 12.1. The molecule has 0 unspecified atom stereocenters. The highest BCUT2D eigenvalue weighted by atomic mass is 16.1. The largest absolute Gasteiger partial charge is 0.325 e. The number of anilines is 1. The molecule has 0 atom stereocenters. The number of aromatic nitrogens is 3. The van der Waals surface area contributed by atoms with E-state index in [2.05, 4.69) is 15.4 Å². The summed E-state index contributed by atoms with van der Waals surface area (Å²) in [5.41, 5.74) is 2.74. The van der Waals surface area contributed by atoms with E-state index in [1.807, 2.05) is 43.6 Å². The van der Waals surface area contributed by atoms with E-state index in [1.165, 1.54) is 0 Å². The van der Waals surface area contributed by atoms with Crippen molar-refractivity contribution in [1.29, 1.82) is 0 Å². The third-order valence-electron chi connectivity index (χ3n) is 3.32. The van der Waals surface area contributed by atoms with Crippen molar-refractivity contribution in [2.45, 2.75) is 12.8 Å². The zero-order valence-electron chi connectivity index (χ0n) is 11.8. The highest BCUT2D eigenvalue weighted by Crippen LogP contribution is 2.21. The van der Waals surface area contributed by atoms with E-state index in [1.54, 1.807) is 17.1 Å². The second kappa shape index (κ2) is 5.75. The molecule has 0 aliphatic heterocycles. The van der Waals surface area contributed by atoms with Crippen molar-refractivity contribution in [1.82, 2.24) is 14.8 Å². The number of nitrogens with one attached hydrogen (secondary N) is 1. The molecule has 0 bridgehead atoms. The van der Waals surface area contributed by atoms with Gasteiger partial charge < -0.3 is 5.32 Å². The molecule has 1 N–H and O–H groups in total. The first kappa shape index (κ1) is 13.3. The van der Waals surface area contributed by atoms with Crippen LogP contribution in [0.1, 0.15) is 12.0 Å². The van der Waals surface area contributed by atoms with Crippen LogP contribution in [0.5, 0.6) is 0 Å². The van der Waals surface area contributed by atoms with E-state index >= 15 is 0 Å². The molecule has 0 saturated heterocycles. The molecule has 3 aromatic rings. The molecule has 0 saturated carbocycles. The fraction of sp³-hybridized carbons (Fsp3) is 0.188. The van der Waals surface area contributed by atoms with Crippen LogP contribution in [0.2, 0.25) is 0 Å². The van der Waals surface area contributed by atoms with E-state index in [4.69, 9.17) is 0 Å². The van der Waals surface area contributed by atoms with Crippen LogP contribution in [0.15, 0.2) is 48.9 Å². The molecule has 0 spiro atoms. The van der Waals surface area contributed by atoms with Crippen LogP contribution in [0.4, 0.5) is 5.69 Å². The van der Waals surface area contributed by atoms with Crippen molar-refractivity contribution in [3.8, 4) is 0 Å². The number of hydrogen-bond donors (Lipinski definition) is 1. The van der Waals surface area contributed by atoms with Gasteiger partial charge in [0, 0.05) is 31.2 Å². The van der Waals surface area contributed by atoms with Gasteiger partial charge >= 0.3 is 0 Å². The van der Waals surface area contributed by atoms with Crippen LogP contribution in [-0.4, -0.2) is 20.7 Å².